The van der Waals surface area contributed by atoms with Gasteiger partial charge in [0.25, 0.3) is 0 Å². The molecule has 7 heteroatoms. The third-order valence-corrected chi connectivity index (χ3v) is 5.41. The molecule has 0 aliphatic carbocycles. The van der Waals surface area contributed by atoms with E-state index in [2.05, 4.69) is 65.9 Å². The second-order valence-corrected chi connectivity index (χ2v) is 8.35. The van der Waals surface area contributed by atoms with Gasteiger partial charge in [-0.25, -0.2) is 9.98 Å². The van der Waals surface area contributed by atoms with Crippen LogP contribution in [0.5, 0.6) is 0 Å². The summed E-state index contributed by atoms with van der Waals surface area (Å²) in [7, 11) is 0. The van der Waals surface area contributed by atoms with E-state index in [0.29, 0.717) is 19.8 Å². The third kappa shape index (κ3) is 9.37. The molecule has 31 heavy (non-hydrogen) atoms. The molecule has 2 N–H and O–H groups in total. The Morgan fingerprint density at radius 2 is 1.74 bits per heavy atom. The van der Waals surface area contributed by atoms with Crippen LogP contribution in [-0.2, 0) is 30.9 Å². The number of hydrogen-bond donors (Lipinski definition) is 2. The highest BCUT2D eigenvalue weighted by atomic mass is 127. The maximum Gasteiger partial charge on any atom is 0.191 e. The molecule has 3 aromatic rings. The van der Waals surface area contributed by atoms with Crippen LogP contribution in [0.2, 0.25) is 0 Å². The van der Waals surface area contributed by atoms with Gasteiger partial charge in [0.15, 0.2) is 5.96 Å². The SMILES string of the molecule is CCNC(=NCc1cccc(COCc2ccccc2)c1)NCCc1ncc(C)s1.I. The second-order valence-electron chi connectivity index (χ2n) is 7.03. The summed E-state index contributed by atoms with van der Waals surface area (Å²) < 4.78 is 5.86. The van der Waals surface area contributed by atoms with E-state index in [1.54, 1.807) is 11.3 Å². The topological polar surface area (TPSA) is 58.5 Å². The van der Waals surface area contributed by atoms with Crippen LogP contribution in [0.1, 0.15) is 33.5 Å². The lowest BCUT2D eigenvalue weighted by atomic mass is 10.1. The highest BCUT2D eigenvalue weighted by Crippen LogP contribution is 2.11. The molecule has 0 aliphatic heterocycles. The van der Waals surface area contributed by atoms with Crippen molar-refractivity contribution in [2.24, 2.45) is 4.99 Å². The van der Waals surface area contributed by atoms with Crippen molar-refractivity contribution in [3.05, 3.63) is 87.4 Å². The Kier molecular flexibility index (Phi) is 11.6. The number of nitrogens with one attached hydrogen (secondary N) is 2. The van der Waals surface area contributed by atoms with Crippen LogP contribution in [0, 0.1) is 6.92 Å². The lowest BCUT2D eigenvalue weighted by Crippen LogP contribution is -2.38. The Hall–Kier alpha value is -1.97. The van der Waals surface area contributed by atoms with E-state index in [-0.39, 0.29) is 24.0 Å². The number of guanidine groups is 1. The van der Waals surface area contributed by atoms with Gasteiger partial charge < -0.3 is 15.4 Å². The molecule has 0 unspecified atom stereocenters. The lowest BCUT2D eigenvalue weighted by molar-refractivity contribution is 0.107. The van der Waals surface area contributed by atoms with E-state index in [0.717, 1.165) is 36.0 Å². The molecule has 0 spiro atoms. The summed E-state index contributed by atoms with van der Waals surface area (Å²) in [5.41, 5.74) is 3.52. The minimum absolute atomic E-state index is 0. The van der Waals surface area contributed by atoms with Crippen molar-refractivity contribution in [1.29, 1.82) is 0 Å². The summed E-state index contributed by atoms with van der Waals surface area (Å²) in [5, 5.41) is 7.86. The van der Waals surface area contributed by atoms with Crippen molar-refractivity contribution in [1.82, 2.24) is 15.6 Å². The van der Waals surface area contributed by atoms with Gasteiger partial charge in [-0.1, -0.05) is 54.6 Å². The van der Waals surface area contributed by atoms with Crippen LogP contribution >= 0.6 is 35.3 Å². The molecule has 0 atom stereocenters. The first-order valence-corrected chi connectivity index (χ1v) is 11.2. The van der Waals surface area contributed by atoms with Gasteiger partial charge in [-0.05, 0) is 30.5 Å². The van der Waals surface area contributed by atoms with Gasteiger partial charge in [0.05, 0.1) is 24.8 Å². The number of nitrogens with zero attached hydrogens (tertiary/aromatic N) is 2. The second kappa shape index (κ2) is 14.2. The summed E-state index contributed by atoms with van der Waals surface area (Å²) in [5.74, 6) is 0.830. The fourth-order valence-corrected chi connectivity index (χ4v) is 3.78. The third-order valence-electron chi connectivity index (χ3n) is 4.44. The molecule has 1 aromatic heterocycles. The maximum absolute atomic E-state index is 5.86. The predicted molar refractivity (Wildman–Crippen MR) is 140 cm³/mol. The Balaban J connectivity index is 0.00000341. The van der Waals surface area contributed by atoms with Gasteiger partial charge in [0.2, 0.25) is 0 Å². The van der Waals surface area contributed by atoms with Crippen molar-refractivity contribution >= 4 is 41.3 Å². The summed E-state index contributed by atoms with van der Waals surface area (Å²) in [6.45, 7) is 7.64. The van der Waals surface area contributed by atoms with Crippen LogP contribution in [0.4, 0.5) is 0 Å². The standard InChI is InChI=1S/C24H30N4OS.HI/c1-3-25-24(26-13-12-23-27-15-19(2)30-23)28-16-21-10-7-11-22(14-21)18-29-17-20-8-5-4-6-9-20;/h4-11,14-15H,3,12-13,16-18H2,1-2H3,(H2,25,26,28);1H. The van der Waals surface area contributed by atoms with E-state index >= 15 is 0 Å². The molecule has 5 nitrogen and oxygen atoms in total. The Morgan fingerprint density at radius 3 is 2.48 bits per heavy atom. The van der Waals surface area contributed by atoms with Gasteiger partial charge in [-0.3, -0.25) is 0 Å². The van der Waals surface area contributed by atoms with Crippen LogP contribution in [0.25, 0.3) is 0 Å². The number of benzene rings is 2. The number of rotatable bonds is 10. The van der Waals surface area contributed by atoms with Crippen molar-refractivity contribution < 1.29 is 4.74 Å². The largest absolute Gasteiger partial charge is 0.372 e. The summed E-state index contributed by atoms with van der Waals surface area (Å²) in [6.07, 6.45) is 2.83. The highest BCUT2D eigenvalue weighted by Gasteiger charge is 2.02. The van der Waals surface area contributed by atoms with Crippen LogP contribution in [0.15, 0.2) is 65.8 Å². The zero-order chi connectivity index (χ0) is 21.0. The molecular formula is C24H31IN4OS. The fraction of sp³-hybridized carbons (Fsp3) is 0.333. The van der Waals surface area contributed by atoms with Crippen molar-refractivity contribution in [2.75, 3.05) is 13.1 Å². The Morgan fingerprint density at radius 1 is 1.00 bits per heavy atom. The van der Waals surface area contributed by atoms with Crippen molar-refractivity contribution in [3.8, 4) is 0 Å². The number of ether oxygens (including phenoxy) is 1. The molecular weight excluding hydrogens is 519 g/mol. The summed E-state index contributed by atoms with van der Waals surface area (Å²) >= 11 is 1.75. The summed E-state index contributed by atoms with van der Waals surface area (Å²) in [4.78, 5) is 10.4. The van der Waals surface area contributed by atoms with Gasteiger partial charge in [0, 0.05) is 30.6 Å². The molecule has 0 radical (unpaired) electrons. The van der Waals surface area contributed by atoms with Crippen LogP contribution < -0.4 is 10.6 Å². The molecule has 2 aromatic carbocycles. The number of aliphatic imine (C=N–C) groups is 1. The fourth-order valence-electron chi connectivity index (χ4n) is 3.00. The predicted octanol–water partition coefficient (Wildman–Crippen LogP) is 5.08. The normalized spacial score (nSPS) is 11.1. The van der Waals surface area contributed by atoms with Crippen LogP contribution in [0.3, 0.4) is 0 Å². The van der Waals surface area contributed by atoms with Gasteiger partial charge in [0.1, 0.15) is 0 Å². The minimum Gasteiger partial charge on any atom is -0.372 e. The van der Waals surface area contributed by atoms with Gasteiger partial charge in [-0.2, -0.15) is 0 Å². The van der Waals surface area contributed by atoms with E-state index in [4.69, 9.17) is 9.73 Å². The van der Waals surface area contributed by atoms with E-state index in [1.807, 2.05) is 24.4 Å². The Labute approximate surface area is 206 Å². The molecule has 0 saturated carbocycles. The molecule has 0 bridgehead atoms. The zero-order valence-electron chi connectivity index (χ0n) is 18.1. The minimum atomic E-state index is 0. The monoisotopic (exact) mass is 550 g/mol. The first-order valence-electron chi connectivity index (χ1n) is 10.4. The first kappa shape index (κ1) is 25.3. The first-order chi connectivity index (χ1) is 14.7. The lowest BCUT2D eigenvalue weighted by Gasteiger charge is -2.11. The van der Waals surface area contributed by atoms with E-state index < -0.39 is 0 Å². The average molecular weight is 551 g/mol. The molecule has 166 valence electrons. The van der Waals surface area contributed by atoms with Crippen molar-refractivity contribution in [2.45, 2.75) is 40.0 Å². The molecule has 0 amide bonds. The number of aromatic nitrogens is 1. The number of thiazole rings is 1. The van der Waals surface area contributed by atoms with E-state index in [1.165, 1.54) is 16.0 Å². The van der Waals surface area contributed by atoms with Gasteiger partial charge in [-0.15, -0.1) is 35.3 Å². The number of halogens is 1. The number of hydrogen-bond acceptors (Lipinski definition) is 4. The molecule has 0 aliphatic rings. The zero-order valence-corrected chi connectivity index (χ0v) is 21.3. The quantitative estimate of drug-likeness (QED) is 0.210. The van der Waals surface area contributed by atoms with Crippen LogP contribution in [-0.4, -0.2) is 24.0 Å². The smallest absolute Gasteiger partial charge is 0.191 e. The van der Waals surface area contributed by atoms with E-state index in [9.17, 15) is 0 Å². The maximum atomic E-state index is 5.86. The summed E-state index contributed by atoms with van der Waals surface area (Å²) in [6, 6.07) is 18.7. The molecule has 3 rings (SSSR count). The molecule has 1 heterocycles. The Bertz CT molecular complexity index is 930. The van der Waals surface area contributed by atoms with Crippen molar-refractivity contribution in [3.63, 3.8) is 0 Å². The molecule has 0 saturated heterocycles. The average Bonchev–Trinajstić information content (AvgIpc) is 3.18. The number of aryl methyl sites for hydroxylation is 1. The highest BCUT2D eigenvalue weighted by molar-refractivity contribution is 14.0. The van der Waals surface area contributed by atoms with Gasteiger partial charge >= 0.3 is 0 Å². The molecule has 0 fully saturated rings.